The van der Waals surface area contributed by atoms with Gasteiger partial charge in [-0.05, 0) is 56.6 Å². The van der Waals surface area contributed by atoms with Crippen molar-refractivity contribution in [3.05, 3.63) is 23.8 Å². The van der Waals surface area contributed by atoms with Crippen LogP contribution in [0, 0.1) is 28.6 Å². The smallest absolute Gasteiger partial charge is 0.190 e. The van der Waals surface area contributed by atoms with Gasteiger partial charge in [0.05, 0.1) is 12.7 Å². The van der Waals surface area contributed by atoms with E-state index < -0.39 is 40.7 Å². The SMILES string of the molecule is C[C@H]1C[C@H]2[C@@H]3CCC4=CC(=O)C=C[C@]4(C)[C@@]3(F)[C@@H](O)C[C@@]23CO[C@]13C(=O)CO. The van der Waals surface area contributed by atoms with Gasteiger partial charge in [0.25, 0.3) is 0 Å². The highest BCUT2D eigenvalue weighted by atomic mass is 19.1. The van der Waals surface area contributed by atoms with Gasteiger partial charge in [0.15, 0.2) is 17.2 Å². The molecular weight excluding hydrogens is 363 g/mol. The number of hydrogen-bond donors (Lipinski definition) is 2. The summed E-state index contributed by atoms with van der Waals surface area (Å²) < 4.78 is 22.8. The van der Waals surface area contributed by atoms with Gasteiger partial charge in [0, 0.05) is 16.7 Å². The van der Waals surface area contributed by atoms with E-state index in [0.717, 1.165) is 5.57 Å². The fraction of sp³-hybridized carbons (Fsp3) is 0.727. The Labute approximate surface area is 163 Å². The largest absolute Gasteiger partial charge is 0.390 e. The van der Waals surface area contributed by atoms with E-state index in [0.29, 0.717) is 25.9 Å². The molecule has 5 nitrogen and oxygen atoms in total. The average molecular weight is 390 g/mol. The first-order chi connectivity index (χ1) is 13.2. The first kappa shape index (κ1) is 18.6. The lowest BCUT2D eigenvalue weighted by molar-refractivity contribution is -0.309. The van der Waals surface area contributed by atoms with Crippen LogP contribution in [-0.2, 0) is 14.3 Å². The van der Waals surface area contributed by atoms with Crippen molar-refractivity contribution in [2.24, 2.45) is 28.6 Å². The molecule has 0 radical (unpaired) electrons. The molecule has 5 aliphatic rings. The molecule has 0 bridgehead atoms. The van der Waals surface area contributed by atoms with Crippen molar-refractivity contribution in [2.45, 2.75) is 56.9 Å². The second-order valence-corrected chi connectivity index (χ2v) is 9.75. The molecule has 1 spiro atoms. The zero-order valence-electron chi connectivity index (χ0n) is 16.3. The summed E-state index contributed by atoms with van der Waals surface area (Å²) in [5.74, 6) is -1.13. The number of aliphatic hydroxyl groups excluding tert-OH is 2. The van der Waals surface area contributed by atoms with Crippen LogP contribution in [0.2, 0.25) is 0 Å². The number of aliphatic hydroxyl groups is 2. The predicted molar refractivity (Wildman–Crippen MR) is 98.0 cm³/mol. The summed E-state index contributed by atoms with van der Waals surface area (Å²) >= 11 is 0. The zero-order valence-corrected chi connectivity index (χ0v) is 16.3. The Morgan fingerprint density at radius 2 is 2.14 bits per heavy atom. The van der Waals surface area contributed by atoms with Gasteiger partial charge in [-0.2, -0.15) is 0 Å². The normalized spacial score (nSPS) is 54.0. The summed E-state index contributed by atoms with van der Waals surface area (Å²) in [4.78, 5) is 24.6. The molecule has 0 aromatic heterocycles. The maximum atomic E-state index is 16.9. The van der Waals surface area contributed by atoms with Crippen LogP contribution >= 0.6 is 0 Å². The van der Waals surface area contributed by atoms with Gasteiger partial charge in [-0.25, -0.2) is 4.39 Å². The molecule has 0 aromatic rings. The standard InChI is InChI=1S/C22H27FO5/c1-12-7-16-15-4-3-13-8-14(25)5-6-19(13,2)21(15,23)17(26)9-20(16)11-28-22(12,20)18(27)10-24/h5-6,8,12,15-17,24,26H,3-4,7,9-11H2,1-2H3/t12-,15-,16-,17-,19-,20+,21-,22-/m0/s1. The van der Waals surface area contributed by atoms with Crippen molar-refractivity contribution >= 4 is 11.6 Å². The minimum Gasteiger partial charge on any atom is -0.390 e. The Morgan fingerprint density at radius 3 is 2.79 bits per heavy atom. The molecule has 6 heteroatoms. The number of halogens is 1. The topological polar surface area (TPSA) is 83.8 Å². The van der Waals surface area contributed by atoms with Crippen LogP contribution < -0.4 is 0 Å². The van der Waals surface area contributed by atoms with Gasteiger partial charge >= 0.3 is 0 Å². The third-order valence-corrected chi connectivity index (χ3v) is 9.02. The predicted octanol–water partition coefficient (Wildman–Crippen LogP) is 1.91. The highest BCUT2D eigenvalue weighted by Crippen LogP contribution is 2.74. The molecule has 1 heterocycles. The van der Waals surface area contributed by atoms with Crippen molar-refractivity contribution in [1.82, 2.24) is 0 Å². The van der Waals surface area contributed by atoms with Crippen LogP contribution in [0.4, 0.5) is 4.39 Å². The van der Waals surface area contributed by atoms with Crippen LogP contribution in [-0.4, -0.2) is 52.4 Å². The summed E-state index contributed by atoms with van der Waals surface area (Å²) in [6.45, 7) is 3.45. The summed E-state index contributed by atoms with van der Waals surface area (Å²) in [6, 6.07) is 0. The average Bonchev–Trinajstić information content (AvgIpc) is 2.80. The van der Waals surface area contributed by atoms with Crippen molar-refractivity contribution < 1.29 is 28.9 Å². The molecule has 28 heavy (non-hydrogen) atoms. The number of Topliss-reactive ketones (excluding diaryl/α,β-unsaturated/α-hetero) is 1. The highest BCUT2D eigenvalue weighted by molar-refractivity contribution is 6.01. The van der Waals surface area contributed by atoms with Crippen LogP contribution in [0.3, 0.4) is 0 Å². The number of rotatable bonds is 2. The molecule has 5 rings (SSSR count). The van der Waals surface area contributed by atoms with Crippen molar-refractivity contribution in [3.63, 3.8) is 0 Å². The number of fused-ring (bicyclic) bond motifs is 4. The van der Waals surface area contributed by atoms with E-state index in [2.05, 4.69) is 0 Å². The number of carbonyl (C=O) groups is 2. The lowest BCUT2D eigenvalue weighted by Crippen LogP contribution is -2.76. The molecule has 152 valence electrons. The van der Waals surface area contributed by atoms with Crippen LogP contribution in [0.15, 0.2) is 23.8 Å². The summed E-state index contributed by atoms with van der Waals surface area (Å²) in [5.41, 5.74) is -3.88. The van der Waals surface area contributed by atoms with Gasteiger partial charge in [-0.15, -0.1) is 0 Å². The molecule has 3 saturated carbocycles. The molecule has 4 aliphatic carbocycles. The van der Waals surface area contributed by atoms with E-state index in [9.17, 15) is 19.8 Å². The fourth-order valence-electron chi connectivity index (χ4n) is 7.78. The van der Waals surface area contributed by atoms with Gasteiger partial charge in [-0.3, -0.25) is 9.59 Å². The zero-order chi connectivity index (χ0) is 20.1. The number of hydrogen-bond acceptors (Lipinski definition) is 5. The Kier molecular flexibility index (Phi) is 3.60. The van der Waals surface area contributed by atoms with Gasteiger partial charge in [0.2, 0.25) is 0 Å². The third kappa shape index (κ3) is 1.71. The van der Waals surface area contributed by atoms with E-state index in [-0.39, 0.29) is 29.8 Å². The summed E-state index contributed by atoms with van der Waals surface area (Å²) in [7, 11) is 0. The molecule has 0 unspecified atom stereocenters. The fourth-order valence-corrected chi connectivity index (χ4v) is 7.78. The van der Waals surface area contributed by atoms with E-state index in [1.165, 1.54) is 12.2 Å². The Balaban J connectivity index is 1.63. The van der Waals surface area contributed by atoms with Gasteiger partial charge in [0.1, 0.15) is 12.2 Å². The quantitative estimate of drug-likeness (QED) is 0.753. The molecule has 2 N–H and O–H groups in total. The first-order valence-corrected chi connectivity index (χ1v) is 10.3. The second kappa shape index (κ2) is 5.41. The van der Waals surface area contributed by atoms with Crippen LogP contribution in [0.5, 0.6) is 0 Å². The van der Waals surface area contributed by atoms with E-state index in [1.54, 1.807) is 13.0 Å². The van der Waals surface area contributed by atoms with Crippen molar-refractivity contribution in [1.29, 1.82) is 0 Å². The van der Waals surface area contributed by atoms with E-state index in [1.807, 2.05) is 6.92 Å². The van der Waals surface area contributed by atoms with Crippen LogP contribution in [0.25, 0.3) is 0 Å². The van der Waals surface area contributed by atoms with E-state index in [4.69, 9.17) is 4.74 Å². The van der Waals surface area contributed by atoms with Crippen molar-refractivity contribution in [2.75, 3.05) is 13.2 Å². The van der Waals surface area contributed by atoms with E-state index >= 15 is 4.39 Å². The molecule has 1 aliphatic heterocycles. The third-order valence-electron chi connectivity index (χ3n) is 9.02. The number of ether oxygens (including phenoxy) is 1. The Morgan fingerprint density at radius 1 is 1.39 bits per heavy atom. The first-order valence-electron chi connectivity index (χ1n) is 10.3. The second-order valence-electron chi connectivity index (χ2n) is 9.75. The summed E-state index contributed by atoms with van der Waals surface area (Å²) in [5, 5.41) is 20.8. The molecule has 8 atom stereocenters. The molecule has 0 amide bonds. The maximum absolute atomic E-state index is 16.9. The maximum Gasteiger partial charge on any atom is 0.190 e. The Hall–Kier alpha value is -1.37. The lowest BCUT2D eigenvalue weighted by atomic mass is 9.43. The molecule has 1 saturated heterocycles. The number of carbonyl (C=O) groups excluding carboxylic acids is 2. The minimum atomic E-state index is -1.89. The molecule has 4 fully saturated rings. The molecule has 0 aromatic carbocycles. The number of ketones is 2. The van der Waals surface area contributed by atoms with Crippen LogP contribution in [0.1, 0.15) is 39.5 Å². The van der Waals surface area contributed by atoms with Gasteiger partial charge < -0.3 is 14.9 Å². The lowest BCUT2D eigenvalue weighted by Gasteiger charge is -2.67. The molecular formula is C22H27FO5. The van der Waals surface area contributed by atoms with Crippen molar-refractivity contribution in [3.8, 4) is 0 Å². The van der Waals surface area contributed by atoms with Gasteiger partial charge in [-0.1, -0.05) is 18.6 Å². The number of allylic oxidation sites excluding steroid dienone is 4. The number of alkyl halides is 1. The monoisotopic (exact) mass is 390 g/mol. The minimum absolute atomic E-state index is 0.0930. The Bertz CT molecular complexity index is 835. The summed E-state index contributed by atoms with van der Waals surface area (Å²) in [6.07, 6.45) is 5.25. The highest BCUT2D eigenvalue weighted by Gasteiger charge is 2.81.